The molecule has 1 aromatic carbocycles. The smallest absolute Gasteiger partial charge is 0.243 e. The van der Waals surface area contributed by atoms with Gasteiger partial charge in [0.15, 0.2) is 0 Å². The van der Waals surface area contributed by atoms with Crippen LogP contribution in [0.1, 0.15) is 27.7 Å². The van der Waals surface area contributed by atoms with Crippen molar-refractivity contribution in [3.8, 4) is 0 Å². The monoisotopic (exact) mass is 284 g/mol. The first-order valence-electron chi connectivity index (χ1n) is 6.68. The highest BCUT2D eigenvalue weighted by atomic mass is 32.1. The Kier molecular flexibility index (Phi) is 3.65. The van der Waals surface area contributed by atoms with Gasteiger partial charge in [0.05, 0.1) is 6.21 Å². The van der Waals surface area contributed by atoms with Gasteiger partial charge >= 0.3 is 0 Å². The van der Waals surface area contributed by atoms with Crippen LogP contribution < -0.4 is 5.43 Å². The molecule has 4 heteroatoms. The molecule has 102 valence electrons. The summed E-state index contributed by atoms with van der Waals surface area (Å²) in [7, 11) is 0. The summed E-state index contributed by atoms with van der Waals surface area (Å²) in [6.45, 7) is 2.05. The second kappa shape index (κ2) is 5.59. The van der Waals surface area contributed by atoms with Crippen LogP contribution in [0.3, 0.4) is 0 Å². The van der Waals surface area contributed by atoms with Gasteiger partial charge < -0.3 is 0 Å². The first kappa shape index (κ1) is 13.1. The third-order valence-electron chi connectivity index (χ3n) is 3.48. The Morgan fingerprint density at radius 2 is 2.10 bits per heavy atom. The zero-order valence-corrected chi connectivity index (χ0v) is 12.1. The van der Waals surface area contributed by atoms with Gasteiger partial charge in [-0.05, 0) is 37.0 Å². The molecule has 0 bridgehead atoms. The van der Waals surface area contributed by atoms with Crippen LogP contribution in [0.4, 0.5) is 0 Å². The van der Waals surface area contributed by atoms with Crippen molar-refractivity contribution in [2.24, 2.45) is 11.0 Å². The van der Waals surface area contributed by atoms with Crippen molar-refractivity contribution in [1.29, 1.82) is 0 Å². The number of amides is 1. The molecule has 0 radical (unpaired) electrons. The maximum absolute atomic E-state index is 12.0. The lowest BCUT2D eigenvalue weighted by Crippen LogP contribution is -2.19. The van der Waals surface area contributed by atoms with Gasteiger partial charge in [-0.1, -0.05) is 30.3 Å². The molecule has 1 N–H and O–H groups in total. The Hall–Kier alpha value is -1.94. The molecule has 2 aromatic rings. The molecule has 1 aromatic heterocycles. The highest BCUT2D eigenvalue weighted by Gasteiger charge is 2.43. The maximum Gasteiger partial charge on any atom is 0.243 e. The summed E-state index contributed by atoms with van der Waals surface area (Å²) in [5.41, 5.74) is 3.88. The number of rotatable bonds is 4. The number of benzene rings is 1. The summed E-state index contributed by atoms with van der Waals surface area (Å²) in [5, 5.41) is 4.03. The molecule has 2 atom stereocenters. The van der Waals surface area contributed by atoms with Crippen molar-refractivity contribution in [2.45, 2.75) is 19.3 Å². The van der Waals surface area contributed by atoms with E-state index in [-0.39, 0.29) is 11.8 Å². The zero-order chi connectivity index (χ0) is 13.9. The number of nitrogens with one attached hydrogen (secondary N) is 1. The Morgan fingerprint density at radius 3 is 2.80 bits per heavy atom. The van der Waals surface area contributed by atoms with E-state index in [1.54, 1.807) is 17.6 Å². The number of hydrazone groups is 1. The van der Waals surface area contributed by atoms with Gasteiger partial charge in [0.1, 0.15) is 0 Å². The van der Waals surface area contributed by atoms with Gasteiger partial charge in [0.25, 0.3) is 0 Å². The van der Waals surface area contributed by atoms with E-state index in [9.17, 15) is 4.79 Å². The summed E-state index contributed by atoms with van der Waals surface area (Å²) in [6.07, 6.45) is 2.62. The molecule has 1 saturated carbocycles. The fourth-order valence-electron chi connectivity index (χ4n) is 2.32. The Balaban J connectivity index is 1.53. The Morgan fingerprint density at radius 1 is 1.30 bits per heavy atom. The van der Waals surface area contributed by atoms with Gasteiger partial charge in [-0.3, -0.25) is 4.79 Å². The molecule has 0 saturated heterocycles. The zero-order valence-electron chi connectivity index (χ0n) is 11.2. The van der Waals surface area contributed by atoms with Gasteiger partial charge in [-0.15, -0.1) is 11.3 Å². The van der Waals surface area contributed by atoms with Crippen molar-refractivity contribution in [1.82, 2.24) is 5.43 Å². The van der Waals surface area contributed by atoms with Crippen molar-refractivity contribution < 1.29 is 4.79 Å². The minimum absolute atomic E-state index is 0.0170. The lowest BCUT2D eigenvalue weighted by molar-refractivity contribution is -0.122. The standard InChI is InChI=1S/C16H16N2OS/c1-11-7-8-13(20-11)10-17-18-16(19)15-9-14(15)12-5-3-2-4-6-12/h2-8,10,14-15H,9H2,1H3,(H,18,19)/b17-10-/t14-,15-/m0/s1. The molecule has 1 fully saturated rings. The molecule has 3 nitrogen and oxygen atoms in total. The van der Waals surface area contributed by atoms with Gasteiger partial charge in [0, 0.05) is 15.7 Å². The molecule has 1 amide bonds. The molecule has 0 unspecified atom stereocenters. The predicted molar refractivity (Wildman–Crippen MR) is 82.1 cm³/mol. The van der Waals surface area contributed by atoms with Gasteiger partial charge in [-0.25, -0.2) is 5.43 Å². The van der Waals surface area contributed by atoms with E-state index in [2.05, 4.69) is 29.6 Å². The second-order valence-electron chi connectivity index (χ2n) is 5.04. The number of hydrogen-bond donors (Lipinski definition) is 1. The third kappa shape index (κ3) is 2.96. The summed E-state index contributed by atoms with van der Waals surface area (Å²) < 4.78 is 0. The van der Waals surface area contributed by atoms with E-state index in [4.69, 9.17) is 0 Å². The summed E-state index contributed by atoms with van der Waals surface area (Å²) >= 11 is 1.66. The average Bonchev–Trinajstić information content (AvgIpc) is 3.17. The van der Waals surface area contributed by atoms with Gasteiger partial charge in [-0.2, -0.15) is 5.10 Å². The first-order valence-corrected chi connectivity index (χ1v) is 7.50. The second-order valence-corrected chi connectivity index (χ2v) is 6.36. The van der Waals surface area contributed by atoms with Crippen LogP contribution in [0.2, 0.25) is 0 Å². The van der Waals surface area contributed by atoms with Crippen LogP contribution in [0.25, 0.3) is 0 Å². The average molecular weight is 284 g/mol. The topological polar surface area (TPSA) is 41.5 Å². The molecule has 3 rings (SSSR count). The van der Waals surface area contributed by atoms with Crippen LogP contribution in [-0.2, 0) is 4.79 Å². The fourth-order valence-corrected chi connectivity index (χ4v) is 3.07. The van der Waals surface area contributed by atoms with Crippen LogP contribution in [-0.4, -0.2) is 12.1 Å². The van der Waals surface area contributed by atoms with E-state index < -0.39 is 0 Å². The molecular formula is C16H16N2OS. The summed E-state index contributed by atoms with van der Waals surface area (Å²) in [6, 6.07) is 14.2. The number of nitrogens with zero attached hydrogens (tertiary/aromatic N) is 1. The molecule has 0 spiro atoms. The maximum atomic E-state index is 12.0. The number of aryl methyl sites for hydroxylation is 1. The van der Waals surface area contributed by atoms with E-state index in [1.807, 2.05) is 30.3 Å². The SMILES string of the molecule is Cc1ccc(/C=N\NC(=O)[C@H]2C[C@H]2c2ccccc2)s1. The minimum Gasteiger partial charge on any atom is -0.273 e. The van der Waals surface area contributed by atoms with Crippen LogP contribution in [0.15, 0.2) is 47.6 Å². The predicted octanol–water partition coefficient (Wildman–Crippen LogP) is 3.31. The molecule has 1 aliphatic carbocycles. The van der Waals surface area contributed by atoms with Crippen LogP contribution >= 0.6 is 11.3 Å². The summed E-state index contributed by atoms with van der Waals surface area (Å²) in [5.74, 6) is 0.443. The van der Waals surface area contributed by atoms with Gasteiger partial charge in [0.2, 0.25) is 5.91 Å². The van der Waals surface area contributed by atoms with Crippen molar-refractivity contribution >= 4 is 23.5 Å². The lowest BCUT2D eigenvalue weighted by atomic mass is 10.1. The van der Waals surface area contributed by atoms with Crippen molar-refractivity contribution in [3.05, 3.63) is 57.8 Å². The van der Waals surface area contributed by atoms with Crippen LogP contribution in [0, 0.1) is 12.8 Å². The van der Waals surface area contributed by atoms with Crippen LogP contribution in [0.5, 0.6) is 0 Å². The molecule has 0 aliphatic heterocycles. The van der Waals surface area contributed by atoms with Crippen molar-refractivity contribution in [3.63, 3.8) is 0 Å². The largest absolute Gasteiger partial charge is 0.273 e. The number of thiophene rings is 1. The first-order chi connectivity index (χ1) is 9.74. The minimum atomic E-state index is 0.0170. The highest BCUT2D eigenvalue weighted by Crippen LogP contribution is 2.47. The number of carbonyl (C=O) groups excluding carboxylic acids is 1. The van der Waals surface area contributed by atoms with E-state index in [0.29, 0.717) is 5.92 Å². The number of carbonyl (C=O) groups is 1. The number of hydrogen-bond acceptors (Lipinski definition) is 3. The Labute approximate surface area is 122 Å². The summed E-state index contributed by atoms with van der Waals surface area (Å²) in [4.78, 5) is 14.3. The van der Waals surface area contributed by atoms with Crippen molar-refractivity contribution in [2.75, 3.05) is 0 Å². The third-order valence-corrected chi connectivity index (χ3v) is 4.42. The van der Waals surface area contributed by atoms with E-state index in [1.165, 1.54) is 10.4 Å². The highest BCUT2D eigenvalue weighted by molar-refractivity contribution is 7.13. The fraction of sp³-hybridized carbons (Fsp3) is 0.250. The van der Waals surface area contributed by atoms with E-state index >= 15 is 0 Å². The Bertz CT molecular complexity index is 633. The van der Waals surface area contributed by atoms with E-state index in [0.717, 1.165) is 11.3 Å². The molecule has 1 heterocycles. The molecule has 1 aliphatic rings. The lowest BCUT2D eigenvalue weighted by Gasteiger charge is -1.99. The molecular weight excluding hydrogens is 268 g/mol. The molecule has 20 heavy (non-hydrogen) atoms. The quantitative estimate of drug-likeness (QED) is 0.679. The normalized spacial score (nSPS) is 21.1.